The van der Waals surface area contributed by atoms with Gasteiger partial charge in [-0.25, -0.2) is 0 Å². The first-order chi connectivity index (χ1) is 10.1. The van der Waals surface area contributed by atoms with Gasteiger partial charge in [-0.05, 0) is 31.7 Å². The summed E-state index contributed by atoms with van der Waals surface area (Å²) in [5.41, 5.74) is 1.10. The summed E-state index contributed by atoms with van der Waals surface area (Å²) >= 11 is 3.50. The van der Waals surface area contributed by atoms with Crippen molar-refractivity contribution in [2.24, 2.45) is 0 Å². The van der Waals surface area contributed by atoms with Gasteiger partial charge in [0.2, 0.25) is 11.7 Å². The van der Waals surface area contributed by atoms with Gasteiger partial charge in [0, 0.05) is 22.5 Å². The highest BCUT2D eigenvalue weighted by atomic mass is 79.9. The van der Waals surface area contributed by atoms with Crippen molar-refractivity contribution in [2.45, 2.75) is 39.8 Å². The van der Waals surface area contributed by atoms with E-state index < -0.39 is 0 Å². The molecule has 0 saturated carbocycles. The summed E-state index contributed by atoms with van der Waals surface area (Å²) in [6.45, 7) is 7.38. The van der Waals surface area contributed by atoms with E-state index in [1.165, 1.54) is 0 Å². The van der Waals surface area contributed by atoms with Crippen molar-refractivity contribution in [2.75, 3.05) is 6.54 Å². The molecule has 2 rings (SSSR count). The topological polar surface area (TPSA) is 60.2 Å². The number of nitrogens with one attached hydrogen (secondary N) is 1. The Morgan fingerprint density at radius 2 is 2.19 bits per heavy atom. The molecule has 1 N–H and O–H groups in total. The van der Waals surface area contributed by atoms with Crippen LogP contribution in [0.4, 0.5) is 0 Å². The van der Waals surface area contributed by atoms with Crippen molar-refractivity contribution < 1.29 is 9.26 Å². The maximum Gasteiger partial charge on any atom is 0.226 e. The minimum absolute atomic E-state index is 0.207. The average Bonchev–Trinajstić information content (AvgIpc) is 2.94. The monoisotopic (exact) mass is 353 g/mol. The fourth-order valence-electron chi connectivity index (χ4n) is 2.04. The Bertz CT molecular complexity index is 586. The lowest BCUT2D eigenvalue weighted by Gasteiger charge is -2.17. The average molecular weight is 354 g/mol. The first-order valence-electron chi connectivity index (χ1n) is 7.11. The molecule has 0 fully saturated rings. The number of aryl methyl sites for hydroxylation is 1. The van der Waals surface area contributed by atoms with Crippen molar-refractivity contribution in [3.63, 3.8) is 0 Å². The molecule has 114 valence electrons. The second kappa shape index (κ2) is 7.56. The van der Waals surface area contributed by atoms with Crippen LogP contribution in [0.2, 0.25) is 0 Å². The Balaban J connectivity index is 2.11. The molecule has 0 saturated heterocycles. The Morgan fingerprint density at radius 1 is 1.38 bits per heavy atom. The molecule has 0 amide bonds. The van der Waals surface area contributed by atoms with E-state index in [0.29, 0.717) is 18.3 Å². The zero-order valence-corrected chi connectivity index (χ0v) is 14.1. The van der Waals surface area contributed by atoms with Gasteiger partial charge in [0.25, 0.3) is 0 Å². The van der Waals surface area contributed by atoms with Gasteiger partial charge in [-0.3, -0.25) is 0 Å². The number of benzene rings is 1. The first kappa shape index (κ1) is 16.0. The highest BCUT2D eigenvalue weighted by Crippen LogP contribution is 2.29. The van der Waals surface area contributed by atoms with E-state index in [1.807, 2.05) is 19.1 Å². The lowest BCUT2D eigenvalue weighted by atomic mass is 10.1. The van der Waals surface area contributed by atoms with Gasteiger partial charge < -0.3 is 14.6 Å². The second-order valence-corrected chi connectivity index (χ2v) is 5.62. The maximum absolute atomic E-state index is 5.86. The van der Waals surface area contributed by atoms with Crippen LogP contribution in [0.3, 0.4) is 0 Å². The largest absolute Gasteiger partial charge is 0.485 e. The SMILES string of the molecule is CCNC(C)c1cc(Br)ccc1OCc1noc(CC)n1. The zero-order chi connectivity index (χ0) is 15.2. The zero-order valence-electron chi connectivity index (χ0n) is 12.5. The maximum atomic E-state index is 5.86. The van der Waals surface area contributed by atoms with Crippen LogP contribution in [0.5, 0.6) is 5.75 Å². The molecule has 1 aromatic heterocycles. The van der Waals surface area contributed by atoms with Crippen LogP contribution in [0.15, 0.2) is 27.2 Å². The van der Waals surface area contributed by atoms with Crippen LogP contribution in [0.1, 0.15) is 44.1 Å². The number of nitrogens with zero attached hydrogens (tertiary/aromatic N) is 2. The van der Waals surface area contributed by atoms with Crippen LogP contribution >= 0.6 is 15.9 Å². The highest BCUT2D eigenvalue weighted by Gasteiger charge is 2.13. The summed E-state index contributed by atoms with van der Waals surface area (Å²) in [6, 6.07) is 6.19. The van der Waals surface area contributed by atoms with Crippen molar-refractivity contribution >= 4 is 15.9 Å². The quantitative estimate of drug-likeness (QED) is 0.823. The Kier molecular flexibility index (Phi) is 5.76. The fourth-order valence-corrected chi connectivity index (χ4v) is 2.42. The lowest BCUT2D eigenvalue weighted by molar-refractivity contribution is 0.280. The standard InChI is InChI=1S/C15H20BrN3O2/c1-4-15-18-14(19-21-15)9-20-13-7-6-11(16)8-12(13)10(3)17-5-2/h6-8,10,17H,4-5,9H2,1-3H3. The molecule has 0 aliphatic carbocycles. The van der Waals surface area contributed by atoms with Crippen LogP contribution in [0.25, 0.3) is 0 Å². The van der Waals surface area contributed by atoms with Crippen LogP contribution < -0.4 is 10.1 Å². The molecular weight excluding hydrogens is 334 g/mol. The van der Waals surface area contributed by atoms with E-state index in [2.05, 4.69) is 51.3 Å². The van der Waals surface area contributed by atoms with Crippen molar-refractivity contribution in [3.8, 4) is 5.75 Å². The summed E-state index contributed by atoms with van der Waals surface area (Å²) in [5, 5.41) is 7.28. The van der Waals surface area contributed by atoms with E-state index in [-0.39, 0.29) is 6.04 Å². The molecule has 21 heavy (non-hydrogen) atoms. The van der Waals surface area contributed by atoms with E-state index in [0.717, 1.165) is 28.8 Å². The molecule has 0 spiro atoms. The van der Waals surface area contributed by atoms with E-state index >= 15 is 0 Å². The molecule has 0 aliphatic rings. The fraction of sp³-hybridized carbons (Fsp3) is 0.467. The summed E-state index contributed by atoms with van der Waals surface area (Å²) in [6.07, 6.45) is 0.730. The molecule has 6 heteroatoms. The molecule has 0 radical (unpaired) electrons. The highest BCUT2D eigenvalue weighted by molar-refractivity contribution is 9.10. The van der Waals surface area contributed by atoms with Gasteiger partial charge in [-0.2, -0.15) is 4.98 Å². The third kappa shape index (κ3) is 4.28. The Hall–Kier alpha value is -1.40. The number of aromatic nitrogens is 2. The second-order valence-electron chi connectivity index (χ2n) is 4.71. The molecule has 0 aliphatic heterocycles. The summed E-state index contributed by atoms with van der Waals surface area (Å²) in [4.78, 5) is 4.24. The third-order valence-corrected chi connectivity index (χ3v) is 3.61. The van der Waals surface area contributed by atoms with Gasteiger partial charge in [0.15, 0.2) is 6.61 Å². The van der Waals surface area contributed by atoms with E-state index in [1.54, 1.807) is 0 Å². The normalized spacial score (nSPS) is 12.4. The number of hydrogen-bond donors (Lipinski definition) is 1. The lowest BCUT2D eigenvalue weighted by Crippen LogP contribution is -2.18. The van der Waals surface area contributed by atoms with Crippen molar-refractivity contribution in [1.82, 2.24) is 15.5 Å². The van der Waals surface area contributed by atoms with E-state index in [4.69, 9.17) is 9.26 Å². The molecular formula is C15H20BrN3O2. The number of ether oxygens (including phenoxy) is 1. The van der Waals surface area contributed by atoms with Crippen LogP contribution in [0, 0.1) is 0 Å². The third-order valence-electron chi connectivity index (χ3n) is 3.12. The molecule has 0 bridgehead atoms. The molecule has 5 nitrogen and oxygen atoms in total. The Morgan fingerprint density at radius 3 is 2.86 bits per heavy atom. The van der Waals surface area contributed by atoms with Gasteiger partial charge in [-0.1, -0.05) is 34.9 Å². The van der Waals surface area contributed by atoms with E-state index in [9.17, 15) is 0 Å². The summed E-state index contributed by atoms with van der Waals surface area (Å²) < 4.78 is 12.0. The molecule has 1 atom stereocenters. The summed E-state index contributed by atoms with van der Waals surface area (Å²) in [7, 11) is 0. The van der Waals surface area contributed by atoms with Gasteiger partial charge in [0.05, 0.1) is 0 Å². The van der Waals surface area contributed by atoms with Gasteiger partial charge >= 0.3 is 0 Å². The van der Waals surface area contributed by atoms with Gasteiger partial charge in [0.1, 0.15) is 5.75 Å². The van der Waals surface area contributed by atoms with Crippen molar-refractivity contribution in [3.05, 3.63) is 40.0 Å². The van der Waals surface area contributed by atoms with Crippen LogP contribution in [-0.4, -0.2) is 16.7 Å². The van der Waals surface area contributed by atoms with Crippen molar-refractivity contribution in [1.29, 1.82) is 0 Å². The molecule has 1 heterocycles. The number of hydrogen-bond acceptors (Lipinski definition) is 5. The first-order valence-corrected chi connectivity index (χ1v) is 7.90. The Labute approximate surface area is 133 Å². The minimum atomic E-state index is 0.207. The number of rotatable bonds is 7. The van der Waals surface area contributed by atoms with Gasteiger partial charge in [-0.15, -0.1) is 0 Å². The van der Waals surface area contributed by atoms with Crippen LogP contribution in [-0.2, 0) is 13.0 Å². The predicted molar refractivity (Wildman–Crippen MR) is 84.2 cm³/mol. The minimum Gasteiger partial charge on any atom is -0.485 e. The smallest absolute Gasteiger partial charge is 0.226 e. The molecule has 1 aromatic carbocycles. The predicted octanol–water partition coefficient (Wildman–Crippen LogP) is 3.64. The molecule has 2 aromatic rings. The molecule has 1 unspecified atom stereocenters. The number of halogens is 1. The summed E-state index contributed by atoms with van der Waals surface area (Å²) in [5.74, 6) is 2.02.